The van der Waals surface area contributed by atoms with Crippen molar-refractivity contribution in [2.24, 2.45) is 0 Å². The number of amides is 1. The van der Waals surface area contributed by atoms with E-state index in [0.29, 0.717) is 21.8 Å². The summed E-state index contributed by atoms with van der Waals surface area (Å²) in [6, 6.07) is 15.8. The molecule has 0 spiro atoms. The molecular weight excluding hydrogens is 315 g/mol. The van der Waals surface area contributed by atoms with Crippen LogP contribution < -0.4 is 5.32 Å². The molecule has 2 aromatic carbocycles. The van der Waals surface area contributed by atoms with Crippen LogP contribution in [-0.2, 0) is 4.79 Å². The third-order valence-electron chi connectivity index (χ3n) is 3.51. The second kappa shape index (κ2) is 6.75. The molecule has 1 atom stereocenters. The maximum absolute atomic E-state index is 14.3. The molecule has 0 aliphatic carbocycles. The van der Waals surface area contributed by atoms with E-state index >= 15 is 0 Å². The molecule has 3 rings (SSSR count). The highest BCUT2D eigenvalue weighted by molar-refractivity contribution is 6.31. The van der Waals surface area contributed by atoms with E-state index in [4.69, 9.17) is 11.6 Å². The number of benzene rings is 2. The number of hydrogen-bond donors (Lipinski definition) is 1. The zero-order valence-corrected chi connectivity index (χ0v) is 12.9. The van der Waals surface area contributed by atoms with Gasteiger partial charge in [-0.05, 0) is 18.2 Å². The summed E-state index contributed by atoms with van der Waals surface area (Å²) in [6.45, 7) is 0. The van der Waals surface area contributed by atoms with E-state index in [1.807, 2.05) is 24.3 Å². The molecule has 0 saturated heterocycles. The Morgan fingerprint density at radius 1 is 1.13 bits per heavy atom. The minimum atomic E-state index is -1.45. The molecule has 3 aromatic rings. The molecule has 0 aliphatic rings. The number of alkyl halides is 1. The minimum absolute atomic E-state index is 0.299. The summed E-state index contributed by atoms with van der Waals surface area (Å²) in [7, 11) is 0. The molecule has 116 valence electrons. The van der Waals surface area contributed by atoms with Gasteiger partial charge in [-0.2, -0.15) is 0 Å². The normalized spacial score (nSPS) is 12.1. The Bertz CT molecular complexity index is 848. The first kappa shape index (κ1) is 15.4. The van der Waals surface area contributed by atoms with Gasteiger partial charge in [-0.1, -0.05) is 48.0 Å². The van der Waals surface area contributed by atoms with Crippen LogP contribution in [0.5, 0.6) is 0 Å². The lowest BCUT2D eigenvalue weighted by molar-refractivity contribution is -0.117. The number of hydrogen-bond acceptors (Lipinski definition) is 2. The number of carbonyl (C=O) groups is 1. The van der Waals surface area contributed by atoms with Crippen LogP contribution >= 0.6 is 11.6 Å². The van der Waals surface area contributed by atoms with Crippen LogP contribution in [0.4, 0.5) is 10.1 Å². The Labute approximate surface area is 138 Å². The molecule has 1 N–H and O–H groups in total. The standard InChI is InChI=1S/C18H14ClFN2O/c19-14-8-2-1-7-13(14)15(20)11-17(23)22-16-9-3-5-12-6-4-10-21-18(12)16/h1-10,15H,11H2,(H,22,23). The predicted molar refractivity (Wildman–Crippen MR) is 90.3 cm³/mol. The van der Waals surface area contributed by atoms with E-state index in [-0.39, 0.29) is 6.42 Å². The minimum Gasteiger partial charge on any atom is -0.324 e. The van der Waals surface area contributed by atoms with Crippen LogP contribution in [0, 0.1) is 0 Å². The molecule has 1 amide bonds. The average Bonchev–Trinajstić information content (AvgIpc) is 2.55. The van der Waals surface area contributed by atoms with Crippen molar-refractivity contribution < 1.29 is 9.18 Å². The first-order valence-electron chi connectivity index (χ1n) is 7.17. The SMILES string of the molecule is O=C(CC(F)c1ccccc1Cl)Nc1cccc2cccnc12. The number of nitrogens with one attached hydrogen (secondary N) is 1. The zero-order chi connectivity index (χ0) is 16.2. The summed E-state index contributed by atoms with van der Waals surface area (Å²) in [4.78, 5) is 16.4. The van der Waals surface area contributed by atoms with Crippen molar-refractivity contribution in [3.63, 3.8) is 0 Å². The Morgan fingerprint density at radius 3 is 2.74 bits per heavy atom. The van der Waals surface area contributed by atoms with Crippen molar-refractivity contribution in [3.8, 4) is 0 Å². The van der Waals surface area contributed by atoms with E-state index in [1.54, 1.807) is 36.5 Å². The van der Waals surface area contributed by atoms with Crippen molar-refractivity contribution in [1.29, 1.82) is 0 Å². The molecule has 5 heteroatoms. The molecule has 0 radical (unpaired) electrons. The number of anilines is 1. The highest BCUT2D eigenvalue weighted by atomic mass is 35.5. The monoisotopic (exact) mass is 328 g/mol. The van der Waals surface area contributed by atoms with Crippen LogP contribution in [0.25, 0.3) is 10.9 Å². The topological polar surface area (TPSA) is 42.0 Å². The molecule has 0 bridgehead atoms. The fourth-order valence-corrected chi connectivity index (χ4v) is 2.66. The van der Waals surface area contributed by atoms with Gasteiger partial charge in [0, 0.05) is 22.2 Å². The van der Waals surface area contributed by atoms with Crippen molar-refractivity contribution in [1.82, 2.24) is 4.98 Å². The van der Waals surface area contributed by atoms with Crippen LogP contribution in [0.1, 0.15) is 18.2 Å². The summed E-state index contributed by atoms with van der Waals surface area (Å²) < 4.78 is 14.3. The smallest absolute Gasteiger partial charge is 0.227 e. The molecule has 1 aromatic heterocycles. The van der Waals surface area contributed by atoms with Gasteiger partial charge in [0.25, 0.3) is 0 Å². The van der Waals surface area contributed by atoms with Gasteiger partial charge in [-0.15, -0.1) is 0 Å². The van der Waals surface area contributed by atoms with Crippen LogP contribution in [-0.4, -0.2) is 10.9 Å². The quantitative estimate of drug-likeness (QED) is 0.738. The summed E-state index contributed by atoms with van der Waals surface area (Å²) >= 11 is 5.96. The number of carbonyl (C=O) groups excluding carboxylic acids is 1. The lowest BCUT2D eigenvalue weighted by atomic mass is 10.1. The Hall–Kier alpha value is -2.46. The molecule has 1 heterocycles. The van der Waals surface area contributed by atoms with Crippen LogP contribution in [0.2, 0.25) is 5.02 Å². The largest absolute Gasteiger partial charge is 0.324 e. The lowest BCUT2D eigenvalue weighted by Gasteiger charge is -2.11. The second-order valence-corrected chi connectivity index (χ2v) is 5.53. The predicted octanol–water partition coefficient (Wildman–Crippen LogP) is 4.93. The van der Waals surface area contributed by atoms with E-state index in [1.165, 1.54) is 0 Å². The third kappa shape index (κ3) is 3.48. The highest BCUT2D eigenvalue weighted by Crippen LogP contribution is 2.29. The third-order valence-corrected chi connectivity index (χ3v) is 3.86. The maximum Gasteiger partial charge on any atom is 0.227 e. The van der Waals surface area contributed by atoms with Gasteiger partial charge in [0.1, 0.15) is 6.17 Å². The molecule has 0 aliphatic heterocycles. The van der Waals surface area contributed by atoms with Gasteiger partial charge in [0.2, 0.25) is 5.91 Å². The molecule has 3 nitrogen and oxygen atoms in total. The fourth-order valence-electron chi connectivity index (χ4n) is 2.41. The Morgan fingerprint density at radius 2 is 1.91 bits per heavy atom. The van der Waals surface area contributed by atoms with E-state index in [2.05, 4.69) is 10.3 Å². The average molecular weight is 329 g/mol. The van der Waals surface area contributed by atoms with Gasteiger partial charge in [0.15, 0.2) is 0 Å². The number of fused-ring (bicyclic) bond motifs is 1. The number of rotatable bonds is 4. The van der Waals surface area contributed by atoms with E-state index < -0.39 is 12.1 Å². The van der Waals surface area contributed by atoms with Crippen molar-refractivity contribution in [3.05, 3.63) is 71.4 Å². The second-order valence-electron chi connectivity index (χ2n) is 5.12. The highest BCUT2D eigenvalue weighted by Gasteiger charge is 2.18. The van der Waals surface area contributed by atoms with Crippen LogP contribution in [0.15, 0.2) is 60.8 Å². The van der Waals surface area contributed by atoms with Gasteiger partial charge < -0.3 is 5.32 Å². The first-order valence-corrected chi connectivity index (χ1v) is 7.55. The number of para-hydroxylation sites is 1. The summed E-state index contributed by atoms with van der Waals surface area (Å²) in [5.41, 5.74) is 1.57. The fraction of sp³-hybridized carbons (Fsp3) is 0.111. The van der Waals surface area contributed by atoms with Crippen molar-refractivity contribution >= 4 is 34.1 Å². The van der Waals surface area contributed by atoms with Crippen molar-refractivity contribution in [2.45, 2.75) is 12.6 Å². The molecule has 0 fully saturated rings. The number of aromatic nitrogens is 1. The first-order chi connectivity index (χ1) is 11.1. The van der Waals surface area contributed by atoms with E-state index in [9.17, 15) is 9.18 Å². The van der Waals surface area contributed by atoms with Gasteiger partial charge >= 0.3 is 0 Å². The number of nitrogens with zero attached hydrogens (tertiary/aromatic N) is 1. The van der Waals surface area contributed by atoms with Gasteiger partial charge in [0.05, 0.1) is 17.6 Å². The Kier molecular flexibility index (Phi) is 4.53. The molecule has 0 saturated carbocycles. The molecule has 1 unspecified atom stereocenters. The van der Waals surface area contributed by atoms with E-state index in [0.717, 1.165) is 5.39 Å². The van der Waals surface area contributed by atoms with Gasteiger partial charge in [-0.25, -0.2) is 4.39 Å². The summed E-state index contributed by atoms with van der Waals surface area (Å²) in [5, 5.41) is 3.95. The van der Waals surface area contributed by atoms with Crippen LogP contribution in [0.3, 0.4) is 0 Å². The van der Waals surface area contributed by atoms with Crippen molar-refractivity contribution in [2.75, 3.05) is 5.32 Å². The van der Waals surface area contributed by atoms with Gasteiger partial charge in [-0.3, -0.25) is 9.78 Å². The number of pyridine rings is 1. The zero-order valence-electron chi connectivity index (χ0n) is 12.2. The number of halogens is 2. The summed E-state index contributed by atoms with van der Waals surface area (Å²) in [5.74, 6) is -0.421. The summed E-state index contributed by atoms with van der Waals surface area (Å²) in [6.07, 6.45) is -0.0984. The maximum atomic E-state index is 14.3. The molecule has 23 heavy (non-hydrogen) atoms. The Balaban J connectivity index is 1.75. The molecular formula is C18H14ClFN2O. The lowest BCUT2D eigenvalue weighted by Crippen LogP contribution is -2.14.